The summed E-state index contributed by atoms with van der Waals surface area (Å²) in [6.45, 7) is -0.526. The van der Waals surface area contributed by atoms with Gasteiger partial charge in [-0.2, -0.15) is 0 Å². The van der Waals surface area contributed by atoms with Crippen LogP contribution in [0.15, 0.2) is 0 Å². The molecule has 6 nitrogen and oxygen atoms in total. The zero-order valence-corrected chi connectivity index (χ0v) is 9.65. The van der Waals surface area contributed by atoms with Crippen molar-refractivity contribution in [2.24, 2.45) is 0 Å². The Morgan fingerprint density at radius 2 is 1.46 bits per heavy atom. The van der Waals surface area contributed by atoms with Crippen molar-refractivity contribution in [3.63, 3.8) is 0 Å². The van der Waals surface area contributed by atoms with Crippen LogP contribution in [-0.4, -0.2) is 62.8 Å². The molecule has 1 rings (SSSR count). The van der Waals surface area contributed by atoms with Gasteiger partial charge in [0.15, 0.2) is 6.29 Å². The molecule has 0 aromatic heterocycles. The van der Waals surface area contributed by atoms with Crippen LogP contribution in [0.3, 0.4) is 0 Å². The third-order valence-electron chi connectivity index (χ3n) is 1.87. The zero-order chi connectivity index (χ0) is 9.30. The first-order valence-corrected chi connectivity index (χ1v) is 3.56. The van der Waals surface area contributed by atoms with E-state index in [9.17, 15) is 0 Å². The Hall–Kier alpha value is 0.864. The van der Waals surface area contributed by atoms with Crippen molar-refractivity contribution >= 4 is 0 Å². The second-order valence-corrected chi connectivity index (χ2v) is 2.72. The van der Waals surface area contributed by atoms with Gasteiger partial charge in [-0.15, -0.1) is 0 Å². The van der Waals surface area contributed by atoms with Gasteiger partial charge in [0.05, 0.1) is 6.61 Å². The average Bonchev–Trinajstić information content (AvgIpc) is 2.08. The Kier molecular flexibility index (Phi) is 6.05. The second kappa shape index (κ2) is 5.67. The second-order valence-electron chi connectivity index (χ2n) is 2.72. The number of aliphatic hydroxyl groups excluding tert-OH is 5. The van der Waals surface area contributed by atoms with Gasteiger partial charge in [-0.05, 0) is 0 Å². The summed E-state index contributed by atoms with van der Waals surface area (Å²) in [5, 5.41) is 44.7. The van der Waals surface area contributed by atoms with Crippen LogP contribution in [0.2, 0.25) is 0 Å². The SMILES string of the molecule is OCC1O[C@H](O)[C@@H](O)C(O)[C@@H]1O.[Y]. The van der Waals surface area contributed by atoms with E-state index in [1.54, 1.807) is 0 Å². The topological polar surface area (TPSA) is 110 Å². The van der Waals surface area contributed by atoms with Gasteiger partial charge in [-0.3, -0.25) is 0 Å². The fourth-order valence-corrected chi connectivity index (χ4v) is 1.08. The van der Waals surface area contributed by atoms with Gasteiger partial charge in [0, 0.05) is 32.7 Å². The molecule has 1 aliphatic heterocycles. The van der Waals surface area contributed by atoms with Crippen LogP contribution in [0, 0.1) is 0 Å². The monoisotopic (exact) mass is 269 g/mol. The fourth-order valence-electron chi connectivity index (χ4n) is 1.08. The smallest absolute Gasteiger partial charge is 0.184 e. The minimum Gasteiger partial charge on any atom is -0.394 e. The molecule has 7 heteroatoms. The Morgan fingerprint density at radius 3 is 1.92 bits per heavy atom. The number of hydrogen-bond acceptors (Lipinski definition) is 6. The van der Waals surface area contributed by atoms with E-state index in [1.165, 1.54) is 0 Å². The van der Waals surface area contributed by atoms with Crippen molar-refractivity contribution < 1.29 is 63.0 Å². The first-order chi connectivity index (χ1) is 5.57. The summed E-state index contributed by atoms with van der Waals surface area (Å²) in [6, 6.07) is 0. The molecule has 0 aromatic rings. The van der Waals surface area contributed by atoms with Crippen molar-refractivity contribution in [2.75, 3.05) is 6.61 Å². The summed E-state index contributed by atoms with van der Waals surface area (Å²) in [5.41, 5.74) is 0. The molecule has 0 amide bonds. The molecule has 75 valence electrons. The van der Waals surface area contributed by atoms with E-state index >= 15 is 0 Å². The molecular formula is C6H12O6Y. The molecule has 1 heterocycles. The van der Waals surface area contributed by atoms with Gasteiger partial charge in [0.25, 0.3) is 0 Å². The normalized spacial score (nSPS) is 45.5. The number of ether oxygens (including phenoxy) is 1. The minimum atomic E-state index is -1.57. The van der Waals surface area contributed by atoms with Crippen LogP contribution in [0.1, 0.15) is 0 Å². The summed E-state index contributed by atoms with van der Waals surface area (Å²) in [6.07, 6.45) is -7.04. The van der Waals surface area contributed by atoms with Gasteiger partial charge < -0.3 is 30.3 Å². The van der Waals surface area contributed by atoms with Crippen LogP contribution >= 0.6 is 0 Å². The Labute approximate surface area is 100 Å². The predicted molar refractivity (Wildman–Crippen MR) is 36.0 cm³/mol. The summed E-state index contributed by atoms with van der Waals surface area (Å²) in [4.78, 5) is 0. The van der Waals surface area contributed by atoms with Crippen LogP contribution in [0.4, 0.5) is 0 Å². The Balaban J connectivity index is 0.00000144. The van der Waals surface area contributed by atoms with Crippen LogP contribution in [0.5, 0.6) is 0 Å². The molecule has 1 aliphatic rings. The molecule has 2 unspecified atom stereocenters. The summed E-state index contributed by atoms with van der Waals surface area (Å²) >= 11 is 0. The van der Waals surface area contributed by atoms with E-state index in [4.69, 9.17) is 25.5 Å². The first-order valence-electron chi connectivity index (χ1n) is 3.56. The molecule has 0 saturated carbocycles. The summed E-state index contributed by atoms with van der Waals surface area (Å²) in [7, 11) is 0. The van der Waals surface area contributed by atoms with E-state index < -0.39 is 37.3 Å². The molecule has 5 N–H and O–H groups in total. The third-order valence-corrected chi connectivity index (χ3v) is 1.87. The quantitative estimate of drug-likeness (QED) is 0.342. The Morgan fingerprint density at radius 1 is 0.923 bits per heavy atom. The van der Waals surface area contributed by atoms with Crippen molar-refractivity contribution in [1.29, 1.82) is 0 Å². The van der Waals surface area contributed by atoms with Crippen LogP contribution in [-0.2, 0) is 37.4 Å². The molecule has 13 heavy (non-hydrogen) atoms. The summed E-state index contributed by atoms with van der Waals surface area (Å²) < 4.78 is 4.58. The molecule has 0 spiro atoms. The van der Waals surface area contributed by atoms with Crippen LogP contribution < -0.4 is 0 Å². The van der Waals surface area contributed by atoms with E-state index in [0.29, 0.717) is 0 Å². The van der Waals surface area contributed by atoms with Crippen LogP contribution in [0.25, 0.3) is 0 Å². The molecular weight excluding hydrogens is 257 g/mol. The maximum atomic E-state index is 9.12. The molecule has 1 radical (unpaired) electrons. The molecule has 0 aromatic carbocycles. The van der Waals surface area contributed by atoms with E-state index in [1.807, 2.05) is 0 Å². The van der Waals surface area contributed by atoms with Gasteiger partial charge in [0.1, 0.15) is 24.4 Å². The molecule has 1 saturated heterocycles. The molecule has 0 bridgehead atoms. The Bertz CT molecular complexity index is 151. The number of rotatable bonds is 1. The van der Waals surface area contributed by atoms with Crippen molar-refractivity contribution in [2.45, 2.75) is 30.7 Å². The van der Waals surface area contributed by atoms with Gasteiger partial charge >= 0.3 is 0 Å². The largest absolute Gasteiger partial charge is 0.394 e. The van der Waals surface area contributed by atoms with Gasteiger partial charge in [0.2, 0.25) is 0 Å². The van der Waals surface area contributed by atoms with Gasteiger partial charge in [-0.25, -0.2) is 0 Å². The van der Waals surface area contributed by atoms with Crippen molar-refractivity contribution in [3.8, 4) is 0 Å². The van der Waals surface area contributed by atoms with E-state index in [-0.39, 0.29) is 32.7 Å². The maximum Gasteiger partial charge on any atom is 0.184 e. The fraction of sp³-hybridized carbons (Fsp3) is 1.00. The third kappa shape index (κ3) is 2.90. The standard InChI is InChI=1S/C6H12O6.Y/c7-1-2-3(8)4(9)5(10)6(11)12-2;/h2-11H,1H2;/t2?,3-,4?,5+,6+;/m1./s1. The van der Waals surface area contributed by atoms with E-state index in [0.717, 1.165) is 0 Å². The number of aliphatic hydroxyl groups is 5. The molecule has 1 fully saturated rings. The number of hydrogen-bond donors (Lipinski definition) is 5. The average molecular weight is 269 g/mol. The predicted octanol–water partition coefficient (Wildman–Crippen LogP) is -3.22. The molecule has 0 aliphatic carbocycles. The maximum absolute atomic E-state index is 9.12. The molecule has 5 atom stereocenters. The minimum absolute atomic E-state index is 0. The first kappa shape index (κ1) is 13.9. The van der Waals surface area contributed by atoms with E-state index in [2.05, 4.69) is 4.74 Å². The summed E-state index contributed by atoms with van der Waals surface area (Å²) in [5.74, 6) is 0. The van der Waals surface area contributed by atoms with Crippen molar-refractivity contribution in [1.82, 2.24) is 0 Å². The van der Waals surface area contributed by atoms with Gasteiger partial charge in [-0.1, -0.05) is 0 Å². The van der Waals surface area contributed by atoms with Crippen molar-refractivity contribution in [3.05, 3.63) is 0 Å². The zero-order valence-electron chi connectivity index (χ0n) is 6.82.